The highest BCUT2D eigenvalue weighted by atomic mass is 16.4. The van der Waals surface area contributed by atoms with Crippen molar-refractivity contribution >= 4 is 30.0 Å². The molecule has 2 fully saturated rings. The number of aryl methyl sites for hydroxylation is 1. The number of anilines is 3. The first-order valence-electron chi connectivity index (χ1n) is 10.8. The second kappa shape index (κ2) is 10.5. The number of nitrogens with zero attached hydrogens (tertiary/aromatic N) is 4. The highest BCUT2D eigenvalue weighted by Crippen LogP contribution is 2.45. The van der Waals surface area contributed by atoms with Crippen molar-refractivity contribution in [2.24, 2.45) is 11.3 Å². The number of nitrogen functional groups attached to an aromatic ring is 1. The Morgan fingerprint density at radius 1 is 1.30 bits per heavy atom. The Labute approximate surface area is 191 Å². The van der Waals surface area contributed by atoms with Gasteiger partial charge < -0.3 is 26.4 Å². The van der Waals surface area contributed by atoms with Gasteiger partial charge in [-0.05, 0) is 43.4 Å². The van der Waals surface area contributed by atoms with Gasteiger partial charge in [-0.25, -0.2) is 0 Å². The number of aliphatic hydroxyl groups is 1. The average molecular weight is 459 g/mol. The van der Waals surface area contributed by atoms with Crippen LogP contribution in [0.2, 0.25) is 0 Å². The number of hydrogen-bond donors (Lipinski definition) is 5. The minimum Gasteiger partial charge on any atom is -0.483 e. The van der Waals surface area contributed by atoms with Crippen molar-refractivity contribution in [3.05, 3.63) is 35.7 Å². The number of carbonyl (C=O) groups is 2. The van der Waals surface area contributed by atoms with Crippen LogP contribution in [0.3, 0.4) is 0 Å². The van der Waals surface area contributed by atoms with Gasteiger partial charge in [0.2, 0.25) is 11.9 Å². The minimum absolute atomic E-state index is 0.106. The molecule has 4 rings (SSSR count). The van der Waals surface area contributed by atoms with Gasteiger partial charge in [0.15, 0.2) is 0 Å². The zero-order valence-electron chi connectivity index (χ0n) is 18.5. The van der Waals surface area contributed by atoms with E-state index in [-0.39, 0.29) is 19.0 Å². The van der Waals surface area contributed by atoms with Crippen molar-refractivity contribution in [3.63, 3.8) is 0 Å². The number of aliphatic hydroxyl groups excluding tert-OH is 1. The lowest BCUT2D eigenvalue weighted by molar-refractivity contribution is -0.165. The third kappa shape index (κ3) is 6.36. The van der Waals surface area contributed by atoms with Crippen molar-refractivity contribution in [3.8, 4) is 0 Å². The third-order valence-electron chi connectivity index (χ3n) is 5.98. The number of likely N-dealkylation sites (tertiary alicyclic amines) is 1. The summed E-state index contributed by atoms with van der Waals surface area (Å²) in [4.78, 5) is 35.4. The fourth-order valence-electron chi connectivity index (χ4n) is 4.25. The molecule has 1 aromatic heterocycles. The van der Waals surface area contributed by atoms with E-state index in [4.69, 9.17) is 15.6 Å². The van der Waals surface area contributed by atoms with Gasteiger partial charge in [0.25, 0.3) is 6.47 Å². The van der Waals surface area contributed by atoms with Crippen molar-refractivity contribution in [1.29, 1.82) is 0 Å². The lowest BCUT2D eigenvalue weighted by Crippen LogP contribution is -2.56. The van der Waals surface area contributed by atoms with E-state index in [0.717, 1.165) is 24.1 Å². The van der Waals surface area contributed by atoms with Gasteiger partial charge in [0.1, 0.15) is 11.2 Å². The molecule has 1 aliphatic carbocycles. The Balaban J connectivity index is 0.000000968. The van der Waals surface area contributed by atoms with E-state index in [1.54, 1.807) is 0 Å². The number of benzene rings is 1. The molecule has 0 unspecified atom stereocenters. The Morgan fingerprint density at radius 2 is 2.03 bits per heavy atom. The molecule has 0 radical (unpaired) electrons. The van der Waals surface area contributed by atoms with Crippen LogP contribution in [-0.2, 0) is 16.1 Å². The van der Waals surface area contributed by atoms with E-state index < -0.39 is 17.5 Å². The molecule has 0 spiro atoms. The number of aliphatic carboxylic acids is 1. The number of nitrogens with two attached hydrogens (primary N) is 1. The van der Waals surface area contributed by atoms with Crippen LogP contribution in [0.15, 0.2) is 24.3 Å². The van der Waals surface area contributed by atoms with Crippen LogP contribution in [-0.4, -0.2) is 66.8 Å². The molecule has 2 aromatic rings. The largest absolute Gasteiger partial charge is 0.483 e. The number of aromatic nitrogens is 3. The quantitative estimate of drug-likeness (QED) is 0.381. The predicted molar refractivity (Wildman–Crippen MR) is 121 cm³/mol. The van der Waals surface area contributed by atoms with Crippen LogP contribution in [0.4, 0.5) is 17.6 Å². The van der Waals surface area contributed by atoms with Crippen molar-refractivity contribution in [1.82, 2.24) is 19.9 Å². The van der Waals surface area contributed by atoms with Crippen molar-refractivity contribution in [2.75, 3.05) is 24.1 Å². The molecular weight excluding hydrogens is 428 g/mol. The molecule has 178 valence electrons. The van der Waals surface area contributed by atoms with Crippen molar-refractivity contribution in [2.45, 2.75) is 45.3 Å². The highest BCUT2D eigenvalue weighted by Gasteiger charge is 2.51. The summed E-state index contributed by atoms with van der Waals surface area (Å²) in [6.45, 7) is 2.94. The zero-order valence-corrected chi connectivity index (χ0v) is 18.5. The zero-order chi connectivity index (χ0) is 24.0. The standard InChI is InChI=1S/C21H28N6O3.CH2O2/c1-13-3-2-4-15(9-13)23-20-25-17(24-19(22)26-20)11-27-8-7-16(28)21(12-27,18(29)30)10-14-5-6-14;2-1-3/h2-4,9,14,16,28H,5-8,10-12H2,1H3,(H,29,30)(H3,22,23,24,25,26);1H,(H,2,3)/t16-,21-;/m0./s1. The Bertz CT molecular complexity index is 985. The molecule has 0 amide bonds. The van der Waals surface area contributed by atoms with Gasteiger partial charge in [0.05, 0.1) is 12.6 Å². The van der Waals surface area contributed by atoms with Gasteiger partial charge in [0, 0.05) is 18.8 Å². The second-order valence-corrected chi connectivity index (χ2v) is 8.66. The highest BCUT2D eigenvalue weighted by molar-refractivity contribution is 5.76. The SMILES string of the molecule is Cc1cccc(Nc2nc(N)nc(CN3CC[C@H](O)[C@@](CC4CC4)(C(=O)O)C3)n2)c1.O=CO. The Hall–Kier alpha value is -3.31. The fraction of sp³-hybridized carbons (Fsp3) is 0.500. The van der Waals surface area contributed by atoms with E-state index in [2.05, 4.69) is 20.3 Å². The van der Waals surface area contributed by atoms with Crippen LogP contribution in [0.5, 0.6) is 0 Å². The van der Waals surface area contributed by atoms with Crippen LogP contribution in [0.25, 0.3) is 0 Å². The molecule has 11 nitrogen and oxygen atoms in total. The lowest BCUT2D eigenvalue weighted by Gasteiger charge is -2.43. The average Bonchev–Trinajstić information content (AvgIpc) is 3.54. The maximum atomic E-state index is 12.1. The molecule has 1 aromatic carbocycles. The van der Waals surface area contributed by atoms with E-state index in [1.807, 2.05) is 36.1 Å². The van der Waals surface area contributed by atoms with Crippen LogP contribution in [0, 0.1) is 18.3 Å². The summed E-state index contributed by atoms with van der Waals surface area (Å²) in [7, 11) is 0. The van der Waals surface area contributed by atoms with Gasteiger partial charge in [-0.15, -0.1) is 0 Å². The predicted octanol–water partition coefficient (Wildman–Crippen LogP) is 1.64. The van der Waals surface area contributed by atoms with Crippen LogP contribution in [0.1, 0.15) is 37.1 Å². The van der Waals surface area contributed by atoms with E-state index in [1.165, 1.54) is 0 Å². The Morgan fingerprint density at radius 3 is 2.67 bits per heavy atom. The molecule has 6 N–H and O–H groups in total. The number of nitrogens with one attached hydrogen (secondary N) is 1. The Kier molecular flexibility index (Phi) is 7.77. The summed E-state index contributed by atoms with van der Waals surface area (Å²) >= 11 is 0. The monoisotopic (exact) mass is 458 g/mol. The van der Waals surface area contributed by atoms with Gasteiger partial charge >= 0.3 is 5.97 Å². The molecule has 1 aliphatic heterocycles. The molecule has 2 aliphatic rings. The van der Waals surface area contributed by atoms with Gasteiger partial charge in [-0.3, -0.25) is 14.5 Å². The number of hydrogen-bond acceptors (Lipinski definition) is 9. The van der Waals surface area contributed by atoms with Crippen LogP contribution >= 0.6 is 0 Å². The number of rotatable bonds is 7. The maximum absolute atomic E-state index is 12.1. The summed E-state index contributed by atoms with van der Waals surface area (Å²) in [6, 6.07) is 7.83. The first-order valence-corrected chi connectivity index (χ1v) is 10.8. The summed E-state index contributed by atoms with van der Waals surface area (Å²) in [6.07, 6.45) is 2.17. The summed E-state index contributed by atoms with van der Waals surface area (Å²) in [5.74, 6) is 0.397. The molecule has 2 atom stereocenters. The topological polar surface area (TPSA) is 175 Å². The molecule has 11 heteroatoms. The summed E-state index contributed by atoms with van der Waals surface area (Å²) in [5, 5.41) is 30.5. The van der Waals surface area contributed by atoms with E-state index in [9.17, 15) is 15.0 Å². The van der Waals surface area contributed by atoms with E-state index in [0.29, 0.717) is 43.6 Å². The summed E-state index contributed by atoms with van der Waals surface area (Å²) < 4.78 is 0. The van der Waals surface area contributed by atoms with E-state index >= 15 is 0 Å². The third-order valence-corrected chi connectivity index (χ3v) is 5.98. The number of carboxylic acid groups (broad SMARTS) is 2. The first kappa shape index (κ1) is 24.3. The minimum atomic E-state index is -1.14. The second-order valence-electron chi connectivity index (χ2n) is 8.66. The molecule has 1 saturated carbocycles. The fourth-order valence-corrected chi connectivity index (χ4v) is 4.25. The first-order chi connectivity index (χ1) is 15.8. The maximum Gasteiger partial charge on any atom is 0.313 e. The lowest BCUT2D eigenvalue weighted by atomic mass is 9.73. The van der Waals surface area contributed by atoms with Crippen LogP contribution < -0.4 is 11.1 Å². The van der Waals surface area contributed by atoms with Crippen molar-refractivity contribution < 1.29 is 24.9 Å². The molecule has 1 saturated heterocycles. The molecule has 33 heavy (non-hydrogen) atoms. The summed E-state index contributed by atoms with van der Waals surface area (Å²) in [5.41, 5.74) is 6.71. The molecular formula is C22H30N6O5. The normalized spacial score (nSPS) is 22.7. The molecule has 0 bridgehead atoms. The number of piperidine rings is 1. The van der Waals surface area contributed by atoms with Gasteiger partial charge in [-0.2, -0.15) is 15.0 Å². The smallest absolute Gasteiger partial charge is 0.313 e. The molecule has 2 heterocycles. The number of carboxylic acids is 1. The van der Waals surface area contributed by atoms with Gasteiger partial charge in [-0.1, -0.05) is 25.0 Å².